The van der Waals surface area contributed by atoms with Gasteiger partial charge in [0.1, 0.15) is 17.9 Å². The highest BCUT2D eigenvalue weighted by molar-refractivity contribution is 5.32. The molecular formula is C13H10F3NO. The van der Waals surface area contributed by atoms with Crippen LogP contribution in [0.2, 0.25) is 0 Å². The first-order chi connectivity index (χ1) is 8.57. The molecule has 0 spiro atoms. The van der Waals surface area contributed by atoms with Crippen LogP contribution in [0.25, 0.3) is 0 Å². The van der Waals surface area contributed by atoms with E-state index in [1.54, 1.807) is 24.3 Å². The van der Waals surface area contributed by atoms with E-state index in [4.69, 9.17) is 4.74 Å². The molecule has 0 fully saturated rings. The smallest absolute Gasteiger partial charge is 0.421 e. The normalized spacial score (nSPS) is 11.3. The van der Waals surface area contributed by atoms with Gasteiger partial charge in [0, 0.05) is 12.4 Å². The van der Waals surface area contributed by atoms with Crippen LogP contribution in [0.1, 0.15) is 11.1 Å². The summed E-state index contributed by atoms with van der Waals surface area (Å²) in [5, 5.41) is 0. The Morgan fingerprint density at radius 2 is 1.78 bits per heavy atom. The highest BCUT2D eigenvalue weighted by Crippen LogP contribution is 2.35. The van der Waals surface area contributed by atoms with Crippen LogP contribution in [0.5, 0.6) is 5.75 Å². The summed E-state index contributed by atoms with van der Waals surface area (Å²) in [6, 6.07) is 10.2. The van der Waals surface area contributed by atoms with E-state index in [-0.39, 0.29) is 12.4 Å². The summed E-state index contributed by atoms with van der Waals surface area (Å²) in [4.78, 5) is 3.47. The maximum Gasteiger partial charge on any atom is 0.421 e. The second-order valence-corrected chi connectivity index (χ2v) is 3.64. The van der Waals surface area contributed by atoms with Crippen LogP contribution in [0.3, 0.4) is 0 Å². The maximum absolute atomic E-state index is 12.7. The lowest BCUT2D eigenvalue weighted by atomic mass is 10.2. The van der Waals surface area contributed by atoms with Gasteiger partial charge in [0.25, 0.3) is 0 Å². The lowest BCUT2D eigenvalue weighted by Crippen LogP contribution is -2.09. The molecule has 0 unspecified atom stereocenters. The molecule has 5 heteroatoms. The number of ether oxygens (including phenoxy) is 1. The van der Waals surface area contributed by atoms with E-state index in [9.17, 15) is 13.2 Å². The first-order valence-corrected chi connectivity index (χ1v) is 5.25. The number of nitrogens with zero attached hydrogens (tertiary/aromatic N) is 1. The molecule has 0 atom stereocenters. The molecule has 0 aliphatic heterocycles. The van der Waals surface area contributed by atoms with Gasteiger partial charge in [0.15, 0.2) is 0 Å². The molecule has 2 nitrogen and oxygen atoms in total. The molecule has 0 saturated heterocycles. The van der Waals surface area contributed by atoms with E-state index in [1.165, 1.54) is 12.3 Å². The van der Waals surface area contributed by atoms with Crippen molar-refractivity contribution in [2.45, 2.75) is 12.8 Å². The standard InChI is InChI=1S/C13H10F3NO/c14-13(15,16)11-8-17-7-6-12(11)18-9-10-4-2-1-3-5-10/h1-8H,9H2. The minimum atomic E-state index is -4.46. The fourth-order valence-electron chi connectivity index (χ4n) is 1.46. The zero-order valence-corrected chi connectivity index (χ0v) is 9.32. The van der Waals surface area contributed by atoms with Crippen LogP contribution in [0.4, 0.5) is 13.2 Å². The zero-order chi connectivity index (χ0) is 13.0. The van der Waals surface area contributed by atoms with Crippen molar-refractivity contribution in [3.05, 3.63) is 59.9 Å². The number of hydrogen-bond acceptors (Lipinski definition) is 2. The Bertz CT molecular complexity index is 511. The fraction of sp³-hybridized carbons (Fsp3) is 0.154. The lowest BCUT2D eigenvalue weighted by molar-refractivity contribution is -0.139. The van der Waals surface area contributed by atoms with Gasteiger partial charge in [-0.1, -0.05) is 30.3 Å². The largest absolute Gasteiger partial charge is 0.488 e. The van der Waals surface area contributed by atoms with Gasteiger partial charge in [-0.05, 0) is 11.6 Å². The molecule has 0 N–H and O–H groups in total. The zero-order valence-electron chi connectivity index (χ0n) is 9.32. The minimum absolute atomic E-state index is 0.0912. The number of hydrogen-bond donors (Lipinski definition) is 0. The molecule has 1 heterocycles. The topological polar surface area (TPSA) is 22.1 Å². The van der Waals surface area contributed by atoms with Crippen molar-refractivity contribution in [2.75, 3.05) is 0 Å². The van der Waals surface area contributed by atoms with Gasteiger partial charge in [-0.25, -0.2) is 0 Å². The number of halogens is 3. The third-order valence-electron chi connectivity index (χ3n) is 2.32. The molecule has 2 aromatic rings. The van der Waals surface area contributed by atoms with Gasteiger partial charge in [-0.3, -0.25) is 4.98 Å². The van der Waals surface area contributed by atoms with E-state index in [2.05, 4.69) is 4.98 Å². The van der Waals surface area contributed by atoms with Crippen LogP contribution in [0, 0.1) is 0 Å². The Hall–Kier alpha value is -2.04. The molecule has 0 bridgehead atoms. The second kappa shape index (κ2) is 5.08. The highest BCUT2D eigenvalue weighted by Gasteiger charge is 2.34. The quantitative estimate of drug-likeness (QED) is 0.832. The van der Waals surface area contributed by atoms with Crippen LogP contribution in [0.15, 0.2) is 48.8 Å². The number of benzene rings is 1. The monoisotopic (exact) mass is 253 g/mol. The Kier molecular flexibility index (Phi) is 3.50. The number of aromatic nitrogens is 1. The molecule has 0 amide bonds. The lowest BCUT2D eigenvalue weighted by Gasteiger charge is -2.13. The van der Waals surface area contributed by atoms with Crippen molar-refractivity contribution in [3.63, 3.8) is 0 Å². The van der Waals surface area contributed by atoms with E-state index in [1.807, 2.05) is 6.07 Å². The molecule has 94 valence electrons. The van der Waals surface area contributed by atoms with Gasteiger partial charge in [0.2, 0.25) is 0 Å². The van der Waals surface area contributed by atoms with Gasteiger partial charge in [0.05, 0.1) is 0 Å². The maximum atomic E-state index is 12.7. The van der Waals surface area contributed by atoms with Crippen LogP contribution in [-0.4, -0.2) is 4.98 Å². The van der Waals surface area contributed by atoms with Crippen LogP contribution >= 0.6 is 0 Å². The molecule has 1 aromatic carbocycles. The first-order valence-electron chi connectivity index (χ1n) is 5.25. The van der Waals surface area contributed by atoms with Gasteiger partial charge in [-0.15, -0.1) is 0 Å². The van der Waals surface area contributed by atoms with Crippen LogP contribution in [-0.2, 0) is 12.8 Å². The molecule has 0 aliphatic rings. The second-order valence-electron chi connectivity index (χ2n) is 3.64. The van der Waals surface area contributed by atoms with Crippen molar-refractivity contribution in [2.24, 2.45) is 0 Å². The summed E-state index contributed by atoms with van der Waals surface area (Å²) < 4.78 is 43.2. The van der Waals surface area contributed by atoms with Gasteiger partial charge >= 0.3 is 6.18 Å². The summed E-state index contributed by atoms with van der Waals surface area (Å²) >= 11 is 0. The van der Waals surface area contributed by atoms with Crippen LogP contribution < -0.4 is 4.74 Å². The summed E-state index contributed by atoms with van der Waals surface area (Å²) in [7, 11) is 0. The summed E-state index contributed by atoms with van der Waals surface area (Å²) in [5.41, 5.74) is -0.0524. The average molecular weight is 253 g/mol. The number of rotatable bonds is 3. The van der Waals surface area contributed by atoms with Crippen molar-refractivity contribution in [1.82, 2.24) is 4.98 Å². The van der Waals surface area contributed by atoms with Gasteiger partial charge < -0.3 is 4.74 Å². The van der Waals surface area contributed by atoms with E-state index < -0.39 is 11.7 Å². The Labute approximate surface area is 102 Å². The fourth-order valence-corrected chi connectivity index (χ4v) is 1.46. The predicted octanol–water partition coefficient (Wildman–Crippen LogP) is 3.68. The molecular weight excluding hydrogens is 243 g/mol. The van der Waals surface area contributed by atoms with Crippen molar-refractivity contribution in [3.8, 4) is 5.75 Å². The third-order valence-corrected chi connectivity index (χ3v) is 2.32. The predicted molar refractivity (Wildman–Crippen MR) is 60.0 cm³/mol. The van der Waals surface area contributed by atoms with Crippen molar-refractivity contribution < 1.29 is 17.9 Å². The van der Waals surface area contributed by atoms with E-state index >= 15 is 0 Å². The Morgan fingerprint density at radius 1 is 1.06 bits per heavy atom. The Morgan fingerprint density at radius 3 is 2.44 bits per heavy atom. The van der Waals surface area contributed by atoms with E-state index in [0.29, 0.717) is 0 Å². The van der Waals surface area contributed by atoms with E-state index in [0.717, 1.165) is 11.8 Å². The minimum Gasteiger partial charge on any atom is -0.488 e. The highest BCUT2D eigenvalue weighted by atomic mass is 19.4. The molecule has 0 aliphatic carbocycles. The van der Waals surface area contributed by atoms with Crippen molar-refractivity contribution in [1.29, 1.82) is 0 Å². The number of pyridine rings is 1. The Balaban J connectivity index is 2.15. The number of alkyl halides is 3. The van der Waals surface area contributed by atoms with Gasteiger partial charge in [-0.2, -0.15) is 13.2 Å². The summed E-state index contributed by atoms with van der Waals surface area (Å²) in [6.07, 6.45) is -2.42. The molecule has 2 rings (SSSR count). The summed E-state index contributed by atoms with van der Waals surface area (Å²) in [6.45, 7) is 0.0912. The molecule has 0 radical (unpaired) electrons. The van der Waals surface area contributed by atoms with Crippen molar-refractivity contribution >= 4 is 0 Å². The average Bonchev–Trinajstić information content (AvgIpc) is 2.37. The SMILES string of the molecule is FC(F)(F)c1cnccc1OCc1ccccc1. The molecule has 18 heavy (non-hydrogen) atoms. The third kappa shape index (κ3) is 3.00. The molecule has 1 aromatic heterocycles. The first kappa shape index (κ1) is 12.4. The summed E-state index contributed by atoms with van der Waals surface area (Å²) in [5.74, 6) is -0.207. The molecule has 0 saturated carbocycles.